The molecule has 0 fully saturated rings. The van der Waals surface area contributed by atoms with Gasteiger partial charge in [0.2, 0.25) is 0 Å². The number of nitrogens with zero attached hydrogens (tertiary/aromatic N) is 7. The van der Waals surface area contributed by atoms with E-state index in [9.17, 15) is 10.5 Å². The molecule has 0 radical (unpaired) electrons. The van der Waals surface area contributed by atoms with Gasteiger partial charge in [-0.2, -0.15) is 15.8 Å². The Kier molecular flexibility index (Phi) is 5.52. The van der Waals surface area contributed by atoms with E-state index in [1.807, 2.05) is 60.7 Å². The summed E-state index contributed by atoms with van der Waals surface area (Å²) in [6.07, 6.45) is 2.91. The second-order valence-corrected chi connectivity index (χ2v) is 8.79. The number of hydrogen-bond acceptors (Lipinski definition) is 5. The van der Waals surface area contributed by atoms with Crippen LogP contribution >= 0.6 is 0 Å². The number of fused-ring (bicyclic) bond motifs is 3. The number of para-hydroxylation sites is 1. The first-order valence-electron chi connectivity index (χ1n) is 11.9. The van der Waals surface area contributed by atoms with Gasteiger partial charge in [-0.25, -0.2) is 14.8 Å². The smallest absolute Gasteiger partial charge is 0.188 e. The van der Waals surface area contributed by atoms with Crippen molar-refractivity contribution in [3.63, 3.8) is 0 Å². The molecular formula is C32H15N7. The zero-order valence-electron chi connectivity index (χ0n) is 20.3. The van der Waals surface area contributed by atoms with Crippen molar-refractivity contribution in [1.82, 2.24) is 14.5 Å². The van der Waals surface area contributed by atoms with Crippen molar-refractivity contribution in [1.29, 1.82) is 15.8 Å². The maximum absolute atomic E-state index is 10.2. The Morgan fingerprint density at radius 2 is 1.44 bits per heavy atom. The van der Waals surface area contributed by atoms with Gasteiger partial charge >= 0.3 is 0 Å². The molecule has 7 nitrogen and oxygen atoms in total. The molecule has 0 N–H and O–H groups in total. The highest BCUT2D eigenvalue weighted by molar-refractivity contribution is 6.10. The number of rotatable bonds is 3. The predicted octanol–water partition coefficient (Wildman–Crippen LogP) is 7.07. The lowest BCUT2D eigenvalue weighted by molar-refractivity contribution is 1.14. The van der Waals surface area contributed by atoms with Gasteiger partial charge in [-0.15, -0.1) is 0 Å². The van der Waals surface area contributed by atoms with Crippen LogP contribution in [0.15, 0.2) is 91.3 Å². The molecule has 0 aliphatic rings. The highest BCUT2D eigenvalue weighted by Gasteiger charge is 2.17. The first kappa shape index (κ1) is 23.1. The van der Waals surface area contributed by atoms with Gasteiger partial charge in [0.05, 0.1) is 40.5 Å². The number of benzene rings is 4. The summed E-state index contributed by atoms with van der Waals surface area (Å²) < 4.78 is 2.05. The average molecular weight is 498 g/mol. The van der Waals surface area contributed by atoms with Crippen molar-refractivity contribution in [2.45, 2.75) is 0 Å². The fourth-order valence-corrected chi connectivity index (χ4v) is 4.84. The zero-order chi connectivity index (χ0) is 26.9. The van der Waals surface area contributed by atoms with Crippen molar-refractivity contribution in [3.05, 3.63) is 119 Å². The normalized spacial score (nSPS) is 10.5. The van der Waals surface area contributed by atoms with E-state index in [0.29, 0.717) is 39.5 Å². The minimum Gasteiger partial charge on any atom is -0.308 e. The quantitative estimate of drug-likeness (QED) is 0.243. The van der Waals surface area contributed by atoms with Crippen molar-refractivity contribution in [2.24, 2.45) is 0 Å². The summed E-state index contributed by atoms with van der Waals surface area (Å²) in [5.41, 5.74) is 6.39. The van der Waals surface area contributed by atoms with Gasteiger partial charge in [-0.1, -0.05) is 42.5 Å². The summed E-state index contributed by atoms with van der Waals surface area (Å²) >= 11 is 0. The number of aromatic nitrogens is 3. The molecule has 0 unspecified atom stereocenters. The first-order chi connectivity index (χ1) is 19.1. The molecule has 4 aromatic carbocycles. The molecule has 39 heavy (non-hydrogen) atoms. The van der Waals surface area contributed by atoms with Crippen LogP contribution in [0.3, 0.4) is 0 Å². The third-order valence-corrected chi connectivity index (χ3v) is 6.63. The summed E-state index contributed by atoms with van der Waals surface area (Å²) in [4.78, 5) is 12.0. The molecule has 0 aliphatic carbocycles. The maximum atomic E-state index is 10.2. The van der Waals surface area contributed by atoms with Crippen molar-refractivity contribution >= 4 is 27.5 Å². The number of nitriles is 3. The fourth-order valence-electron chi connectivity index (χ4n) is 4.84. The molecule has 0 saturated carbocycles. The molecular weight excluding hydrogens is 482 g/mol. The van der Waals surface area contributed by atoms with Crippen LogP contribution in [-0.2, 0) is 0 Å². The highest BCUT2D eigenvalue weighted by atomic mass is 15.0. The molecule has 0 atom stereocenters. The molecule has 7 heteroatoms. The average Bonchev–Trinajstić information content (AvgIpc) is 3.33. The van der Waals surface area contributed by atoms with Gasteiger partial charge in [0.25, 0.3) is 0 Å². The Morgan fingerprint density at radius 3 is 2.18 bits per heavy atom. The molecule has 0 aliphatic heterocycles. The zero-order valence-corrected chi connectivity index (χ0v) is 20.3. The van der Waals surface area contributed by atoms with Gasteiger partial charge < -0.3 is 4.57 Å². The molecule has 178 valence electrons. The molecule has 0 spiro atoms. The first-order valence-corrected chi connectivity index (χ1v) is 11.9. The molecule has 6 aromatic rings. The molecule has 0 saturated heterocycles. The van der Waals surface area contributed by atoms with E-state index in [2.05, 4.69) is 31.5 Å². The number of hydrogen-bond donors (Lipinski definition) is 0. The van der Waals surface area contributed by atoms with Gasteiger partial charge in [0.15, 0.2) is 11.5 Å². The Labute approximate surface area is 223 Å². The van der Waals surface area contributed by atoms with E-state index >= 15 is 0 Å². The van der Waals surface area contributed by atoms with Crippen LogP contribution in [0.2, 0.25) is 0 Å². The van der Waals surface area contributed by atoms with Crippen molar-refractivity contribution in [2.75, 3.05) is 0 Å². The predicted molar refractivity (Wildman–Crippen MR) is 148 cm³/mol. The van der Waals surface area contributed by atoms with E-state index < -0.39 is 0 Å². The van der Waals surface area contributed by atoms with Crippen molar-refractivity contribution in [3.8, 4) is 46.4 Å². The Balaban J connectivity index is 1.59. The summed E-state index contributed by atoms with van der Waals surface area (Å²) in [6.45, 7) is 7.28. The van der Waals surface area contributed by atoms with Gasteiger partial charge in [0, 0.05) is 34.3 Å². The van der Waals surface area contributed by atoms with Gasteiger partial charge in [0.1, 0.15) is 12.1 Å². The third-order valence-electron chi connectivity index (χ3n) is 6.63. The molecule has 0 bridgehead atoms. The molecule has 6 rings (SSSR count). The Bertz CT molecular complexity index is 2110. The molecule has 2 aromatic heterocycles. The topological polar surface area (TPSA) is 106 Å². The summed E-state index contributed by atoms with van der Waals surface area (Å²) in [5, 5.41) is 31.0. The molecule has 0 amide bonds. The van der Waals surface area contributed by atoms with Crippen LogP contribution in [0.1, 0.15) is 16.7 Å². The second-order valence-electron chi connectivity index (χ2n) is 8.79. The minimum atomic E-state index is 0.361. The van der Waals surface area contributed by atoms with Crippen LogP contribution < -0.4 is 0 Å². The standard InChI is InChI=1S/C32H15N7/c1-36-25-8-10-26(23(13-25)16-34)21-6-9-28-27-4-2-3-5-30(27)39(31(28)14-21)29-11-7-22(12-24(29)17-35)32-37-18-20(15-33)19-38-32/h2-14,18-19H. The van der Waals surface area contributed by atoms with Crippen LogP contribution in [0.25, 0.3) is 54.9 Å². The SMILES string of the molecule is [C-]#[N+]c1ccc(-c2ccc3c4ccccc4n(-c4ccc(-c5ncc(C#N)cn5)cc4C#N)c3c2)c(C#N)c1. The summed E-state index contributed by atoms with van der Waals surface area (Å²) in [6, 6.07) is 31.1. The lowest BCUT2D eigenvalue weighted by atomic mass is 9.98. The van der Waals surface area contributed by atoms with Gasteiger partial charge in [-0.3, -0.25) is 0 Å². The van der Waals surface area contributed by atoms with Crippen LogP contribution in [-0.4, -0.2) is 14.5 Å². The van der Waals surface area contributed by atoms with Crippen LogP contribution in [0.4, 0.5) is 5.69 Å². The third kappa shape index (κ3) is 3.81. The summed E-state index contributed by atoms with van der Waals surface area (Å²) in [5.74, 6) is 0.424. The highest BCUT2D eigenvalue weighted by Crippen LogP contribution is 2.37. The molecule has 2 heterocycles. The second kappa shape index (κ2) is 9.30. The van der Waals surface area contributed by atoms with E-state index in [0.717, 1.165) is 32.9 Å². The van der Waals surface area contributed by atoms with Crippen LogP contribution in [0.5, 0.6) is 0 Å². The largest absolute Gasteiger partial charge is 0.308 e. The maximum Gasteiger partial charge on any atom is 0.188 e. The monoisotopic (exact) mass is 497 g/mol. The lowest BCUT2D eigenvalue weighted by Crippen LogP contribution is -1.99. The fraction of sp³-hybridized carbons (Fsp3) is 0. The van der Waals surface area contributed by atoms with Crippen molar-refractivity contribution < 1.29 is 0 Å². The minimum absolute atomic E-state index is 0.361. The van der Waals surface area contributed by atoms with E-state index in [4.69, 9.17) is 11.8 Å². The van der Waals surface area contributed by atoms with Crippen LogP contribution in [0, 0.1) is 40.6 Å². The van der Waals surface area contributed by atoms with E-state index in [-0.39, 0.29) is 0 Å². The van der Waals surface area contributed by atoms with E-state index in [1.165, 1.54) is 12.4 Å². The van der Waals surface area contributed by atoms with Gasteiger partial charge in [-0.05, 0) is 47.5 Å². The van der Waals surface area contributed by atoms with E-state index in [1.54, 1.807) is 24.3 Å². The lowest BCUT2D eigenvalue weighted by Gasteiger charge is -2.12. The Hall–Kier alpha value is -6.28. The summed E-state index contributed by atoms with van der Waals surface area (Å²) in [7, 11) is 0. The Morgan fingerprint density at radius 1 is 0.692 bits per heavy atom.